The highest BCUT2D eigenvalue weighted by molar-refractivity contribution is 7.09. The van der Waals surface area contributed by atoms with E-state index < -0.39 is 0 Å². The molecule has 2 rings (SSSR count). The van der Waals surface area contributed by atoms with E-state index >= 15 is 0 Å². The summed E-state index contributed by atoms with van der Waals surface area (Å²) in [4.78, 5) is 18.8. The number of nitrogens with one attached hydrogen (secondary N) is 1. The SMILES string of the molecule is CC(C)c1nc(C(=O)NCC[C@@H]2CCCN(C)C2)cs1. The molecule has 1 aliphatic heterocycles. The van der Waals surface area contributed by atoms with Crippen LogP contribution in [0.2, 0.25) is 0 Å². The molecule has 1 saturated heterocycles. The number of piperidine rings is 1. The van der Waals surface area contributed by atoms with Gasteiger partial charge in [-0.05, 0) is 38.8 Å². The minimum Gasteiger partial charge on any atom is -0.351 e. The van der Waals surface area contributed by atoms with Crippen LogP contribution >= 0.6 is 11.3 Å². The Morgan fingerprint density at radius 3 is 3.05 bits per heavy atom. The van der Waals surface area contributed by atoms with Crippen LogP contribution < -0.4 is 5.32 Å². The standard InChI is InChI=1S/C15H25N3OS/c1-11(2)15-17-13(10-20-15)14(19)16-7-6-12-5-4-8-18(3)9-12/h10-12H,4-9H2,1-3H3,(H,16,19)/t12-/m0/s1. The van der Waals surface area contributed by atoms with Crippen LogP contribution in [0.25, 0.3) is 0 Å². The minimum absolute atomic E-state index is 0.0303. The molecule has 0 unspecified atom stereocenters. The second kappa shape index (κ2) is 7.18. The topological polar surface area (TPSA) is 45.2 Å². The van der Waals surface area contributed by atoms with Crippen molar-refractivity contribution in [2.45, 2.75) is 39.0 Å². The first-order chi connectivity index (χ1) is 9.56. The van der Waals surface area contributed by atoms with Gasteiger partial charge in [0.15, 0.2) is 0 Å². The van der Waals surface area contributed by atoms with Crippen molar-refractivity contribution in [1.82, 2.24) is 15.2 Å². The highest BCUT2D eigenvalue weighted by Gasteiger charge is 2.17. The first-order valence-electron chi connectivity index (χ1n) is 7.48. The van der Waals surface area contributed by atoms with E-state index in [4.69, 9.17) is 0 Å². The quantitative estimate of drug-likeness (QED) is 0.908. The Kier molecular flexibility index (Phi) is 5.54. The Morgan fingerprint density at radius 2 is 2.40 bits per heavy atom. The number of carbonyl (C=O) groups excluding carboxylic acids is 1. The summed E-state index contributed by atoms with van der Waals surface area (Å²) in [6, 6.07) is 0. The van der Waals surface area contributed by atoms with Gasteiger partial charge in [-0.3, -0.25) is 4.79 Å². The van der Waals surface area contributed by atoms with Crippen LogP contribution in [0.1, 0.15) is 54.5 Å². The third kappa shape index (κ3) is 4.28. The van der Waals surface area contributed by atoms with E-state index in [0.717, 1.165) is 30.4 Å². The van der Waals surface area contributed by atoms with Gasteiger partial charge in [-0.25, -0.2) is 4.98 Å². The Labute approximate surface area is 125 Å². The molecule has 112 valence electrons. The number of hydrogen-bond acceptors (Lipinski definition) is 4. The summed E-state index contributed by atoms with van der Waals surface area (Å²) in [5, 5.41) is 5.89. The maximum absolute atomic E-state index is 12.0. The van der Waals surface area contributed by atoms with Gasteiger partial charge in [0.05, 0.1) is 5.01 Å². The summed E-state index contributed by atoms with van der Waals surface area (Å²) in [5.74, 6) is 1.08. The van der Waals surface area contributed by atoms with Gasteiger partial charge in [-0.1, -0.05) is 13.8 Å². The lowest BCUT2D eigenvalue weighted by molar-refractivity contribution is 0.0944. The van der Waals surface area contributed by atoms with Gasteiger partial charge in [0.2, 0.25) is 0 Å². The summed E-state index contributed by atoms with van der Waals surface area (Å²) in [6.07, 6.45) is 3.63. The zero-order valence-electron chi connectivity index (χ0n) is 12.7. The van der Waals surface area contributed by atoms with E-state index in [9.17, 15) is 4.79 Å². The van der Waals surface area contributed by atoms with Crippen LogP contribution in [0.5, 0.6) is 0 Å². The van der Waals surface area contributed by atoms with Crippen molar-refractivity contribution in [1.29, 1.82) is 0 Å². The van der Waals surface area contributed by atoms with Gasteiger partial charge >= 0.3 is 0 Å². The molecule has 0 aliphatic carbocycles. The smallest absolute Gasteiger partial charge is 0.270 e. The molecule has 1 atom stereocenters. The normalized spacial score (nSPS) is 20.3. The molecule has 1 aromatic rings. The molecule has 1 aromatic heterocycles. The fourth-order valence-corrected chi connectivity index (χ4v) is 3.46. The van der Waals surface area contributed by atoms with Crippen molar-refractivity contribution in [3.05, 3.63) is 16.1 Å². The van der Waals surface area contributed by atoms with Crippen molar-refractivity contribution in [3.8, 4) is 0 Å². The number of carbonyl (C=O) groups is 1. The van der Waals surface area contributed by atoms with E-state index in [2.05, 4.69) is 36.1 Å². The average Bonchev–Trinajstić information content (AvgIpc) is 2.88. The Hall–Kier alpha value is -0.940. The molecule has 1 amide bonds. The molecule has 5 heteroatoms. The molecule has 0 saturated carbocycles. The average molecular weight is 295 g/mol. The first kappa shape index (κ1) is 15.4. The first-order valence-corrected chi connectivity index (χ1v) is 8.36. The molecule has 0 radical (unpaired) electrons. The molecule has 4 nitrogen and oxygen atoms in total. The highest BCUT2D eigenvalue weighted by atomic mass is 32.1. The summed E-state index contributed by atoms with van der Waals surface area (Å²) in [7, 11) is 2.17. The molecule has 1 N–H and O–H groups in total. The van der Waals surface area contributed by atoms with E-state index in [1.54, 1.807) is 11.3 Å². The molecule has 1 aliphatic rings. The van der Waals surface area contributed by atoms with Gasteiger partial charge < -0.3 is 10.2 Å². The van der Waals surface area contributed by atoms with Gasteiger partial charge in [-0.2, -0.15) is 0 Å². The number of nitrogens with zero attached hydrogens (tertiary/aromatic N) is 2. The molecule has 0 aromatic carbocycles. The third-order valence-corrected chi connectivity index (χ3v) is 4.95. The molecular weight excluding hydrogens is 270 g/mol. The number of aromatic nitrogens is 1. The molecule has 1 fully saturated rings. The van der Waals surface area contributed by atoms with Crippen LogP contribution in [0, 0.1) is 5.92 Å². The lowest BCUT2D eigenvalue weighted by Crippen LogP contribution is -2.34. The van der Waals surface area contributed by atoms with Gasteiger partial charge in [0.1, 0.15) is 5.69 Å². The van der Waals surface area contributed by atoms with Crippen LogP contribution in [0.3, 0.4) is 0 Å². The van der Waals surface area contributed by atoms with Crippen LogP contribution in [0.4, 0.5) is 0 Å². The number of likely N-dealkylation sites (tertiary alicyclic amines) is 1. The van der Waals surface area contributed by atoms with E-state index in [1.807, 2.05) is 5.38 Å². The van der Waals surface area contributed by atoms with Crippen molar-refractivity contribution >= 4 is 17.2 Å². The second-order valence-electron chi connectivity index (χ2n) is 6.04. The number of rotatable bonds is 5. The predicted molar refractivity (Wildman–Crippen MR) is 83.4 cm³/mol. The van der Waals surface area contributed by atoms with Crippen molar-refractivity contribution in [2.24, 2.45) is 5.92 Å². The molecule has 20 heavy (non-hydrogen) atoms. The van der Waals surface area contributed by atoms with Crippen molar-refractivity contribution in [3.63, 3.8) is 0 Å². The van der Waals surface area contributed by atoms with E-state index in [-0.39, 0.29) is 5.91 Å². The Balaban J connectivity index is 1.74. The molecule has 2 heterocycles. The monoisotopic (exact) mass is 295 g/mol. The summed E-state index contributed by atoms with van der Waals surface area (Å²) >= 11 is 1.57. The largest absolute Gasteiger partial charge is 0.351 e. The number of thiazole rings is 1. The Bertz CT molecular complexity index is 444. The van der Waals surface area contributed by atoms with Crippen LogP contribution in [-0.4, -0.2) is 42.5 Å². The maximum Gasteiger partial charge on any atom is 0.270 e. The molecular formula is C15H25N3OS. The van der Waals surface area contributed by atoms with Gasteiger partial charge in [0.25, 0.3) is 5.91 Å². The summed E-state index contributed by atoms with van der Waals surface area (Å²) in [5.41, 5.74) is 0.569. The third-order valence-electron chi connectivity index (χ3n) is 3.81. The second-order valence-corrected chi connectivity index (χ2v) is 6.93. The van der Waals surface area contributed by atoms with Crippen molar-refractivity contribution in [2.75, 3.05) is 26.7 Å². The van der Waals surface area contributed by atoms with Crippen molar-refractivity contribution < 1.29 is 4.79 Å². The number of amides is 1. The summed E-state index contributed by atoms with van der Waals surface area (Å²) < 4.78 is 0. The maximum atomic E-state index is 12.0. The zero-order chi connectivity index (χ0) is 14.5. The van der Waals surface area contributed by atoms with Crippen LogP contribution in [0.15, 0.2) is 5.38 Å². The summed E-state index contributed by atoms with van der Waals surface area (Å²) in [6.45, 7) is 7.32. The highest BCUT2D eigenvalue weighted by Crippen LogP contribution is 2.20. The van der Waals surface area contributed by atoms with Crippen LogP contribution in [-0.2, 0) is 0 Å². The van der Waals surface area contributed by atoms with Gasteiger partial charge in [0, 0.05) is 24.4 Å². The van der Waals surface area contributed by atoms with E-state index in [0.29, 0.717) is 11.6 Å². The van der Waals surface area contributed by atoms with E-state index in [1.165, 1.54) is 19.4 Å². The zero-order valence-corrected chi connectivity index (χ0v) is 13.5. The molecule has 0 bridgehead atoms. The fourth-order valence-electron chi connectivity index (χ4n) is 2.65. The fraction of sp³-hybridized carbons (Fsp3) is 0.733. The van der Waals surface area contributed by atoms with Gasteiger partial charge in [-0.15, -0.1) is 11.3 Å². The predicted octanol–water partition coefficient (Wildman–Crippen LogP) is 2.73. The molecule has 0 spiro atoms. The Morgan fingerprint density at radius 1 is 1.60 bits per heavy atom. The number of hydrogen-bond donors (Lipinski definition) is 1. The lowest BCUT2D eigenvalue weighted by atomic mass is 9.95. The minimum atomic E-state index is -0.0303. The lowest BCUT2D eigenvalue weighted by Gasteiger charge is -2.29.